The number of sulfonamides is 1. The van der Waals surface area contributed by atoms with Crippen molar-refractivity contribution in [2.45, 2.75) is 52.1 Å². The molecule has 1 saturated heterocycles. The van der Waals surface area contributed by atoms with Crippen molar-refractivity contribution in [3.63, 3.8) is 0 Å². The zero-order chi connectivity index (χ0) is 18.3. The lowest BCUT2D eigenvalue weighted by Crippen LogP contribution is -2.49. The van der Waals surface area contributed by atoms with Gasteiger partial charge in [0.2, 0.25) is 21.8 Å². The Morgan fingerprint density at radius 3 is 2.58 bits per heavy atom. The fourth-order valence-electron chi connectivity index (χ4n) is 2.79. The molecule has 1 aliphatic heterocycles. The standard InChI is InChI=1S/C15H30N4O4S/c1-11(2)18-14(20)10-17-24(22,23)7-5-15(21)19-6-4-12(3)8-13(19)9-16/h11-13,17H,4-10,16H2,1-3H3,(H,18,20). The maximum absolute atomic E-state index is 12.3. The summed E-state index contributed by atoms with van der Waals surface area (Å²) in [5.41, 5.74) is 5.73. The highest BCUT2D eigenvalue weighted by molar-refractivity contribution is 7.89. The summed E-state index contributed by atoms with van der Waals surface area (Å²) in [5, 5.41) is 2.59. The number of amides is 2. The molecule has 2 atom stereocenters. The Balaban J connectivity index is 2.45. The zero-order valence-electron chi connectivity index (χ0n) is 14.7. The van der Waals surface area contributed by atoms with Crippen molar-refractivity contribution in [2.75, 3.05) is 25.4 Å². The normalized spacial score (nSPS) is 21.8. The van der Waals surface area contributed by atoms with Gasteiger partial charge in [0.15, 0.2) is 0 Å². The van der Waals surface area contributed by atoms with Crippen LogP contribution in [0.25, 0.3) is 0 Å². The van der Waals surface area contributed by atoms with Crippen LogP contribution in [0.5, 0.6) is 0 Å². The van der Waals surface area contributed by atoms with Crippen LogP contribution in [-0.2, 0) is 19.6 Å². The zero-order valence-corrected chi connectivity index (χ0v) is 15.6. The molecule has 0 spiro atoms. The third-order valence-corrected chi connectivity index (χ3v) is 5.38. The molecule has 4 N–H and O–H groups in total. The van der Waals surface area contributed by atoms with E-state index in [0.717, 1.165) is 12.8 Å². The molecule has 0 aromatic rings. The molecule has 0 aromatic heterocycles. The van der Waals surface area contributed by atoms with Crippen molar-refractivity contribution >= 4 is 21.8 Å². The molecule has 9 heteroatoms. The predicted octanol–water partition coefficient (Wildman–Crippen LogP) is -0.594. The molecule has 1 rings (SSSR count). The van der Waals surface area contributed by atoms with Crippen molar-refractivity contribution in [1.82, 2.24) is 14.9 Å². The Labute approximate surface area is 144 Å². The summed E-state index contributed by atoms with van der Waals surface area (Å²) in [6.07, 6.45) is 1.65. The lowest BCUT2D eigenvalue weighted by molar-refractivity contribution is -0.134. The third kappa shape index (κ3) is 7.14. The van der Waals surface area contributed by atoms with Crippen molar-refractivity contribution in [3.8, 4) is 0 Å². The minimum atomic E-state index is -3.67. The first-order valence-corrected chi connectivity index (χ1v) is 10.1. The number of likely N-dealkylation sites (tertiary alicyclic amines) is 1. The van der Waals surface area contributed by atoms with Gasteiger partial charge in [-0.25, -0.2) is 13.1 Å². The second-order valence-corrected chi connectivity index (χ2v) is 8.64. The Kier molecular flexibility index (Phi) is 8.11. The molecule has 2 amide bonds. The number of nitrogens with one attached hydrogen (secondary N) is 2. The van der Waals surface area contributed by atoms with Crippen LogP contribution in [0.3, 0.4) is 0 Å². The minimum Gasteiger partial charge on any atom is -0.353 e. The van der Waals surface area contributed by atoms with Gasteiger partial charge in [-0.1, -0.05) is 6.92 Å². The third-order valence-electron chi connectivity index (χ3n) is 4.06. The van der Waals surface area contributed by atoms with Crippen LogP contribution in [0.15, 0.2) is 0 Å². The molecule has 0 aliphatic carbocycles. The summed E-state index contributed by atoms with van der Waals surface area (Å²) < 4.78 is 26.1. The smallest absolute Gasteiger partial charge is 0.235 e. The Bertz CT molecular complexity index is 536. The molecule has 0 bridgehead atoms. The quantitative estimate of drug-likeness (QED) is 0.533. The number of carbonyl (C=O) groups excluding carboxylic acids is 2. The van der Waals surface area contributed by atoms with Gasteiger partial charge < -0.3 is 16.0 Å². The van der Waals surface area contributed by atoms with E-state index >= 15 is 0 Å². The van der Waals surface area contributed by atoms with E-state index < -0.39 is 15.9 Å². The molecular weight excluding hydrogens is 332 g/mol. The summed E-state index contributed by atoms with van der Waals surface area (Å²) in [6, 6.07) is -0.0768. The fourth-order valence-corrected chi connectivity index (χ4v) is 3.73. The van der Waals surface area contributed by atoms with E-state index in [4.69, 9.17) is 5.73 Å². The first-order valence-electron chi connectivity index (χ1n) is 8.41. The number of hydrogen-bond acceptors (Lipinski definition) is 5. The SMILES string of the molecule is CC1CCN(C(=O)CCS(=O)(=O)NCC(=O)NC(C)C)C(CN)C1. The van der Waals surface area contributed by atoms with E-state index in [0.29, 0.717) is 19.0 Å². The van der Waals surface area contributed by atoms with Gasteiger partial charge >= 0.3 is 0 Å². The van der Waals surface area contributed by atoms with Gasteiger partial charge in [0.25, 0.3) is 0 Å². The molecule has 0 radical (unpaired) electrons. The average molecular weight is 362 g/mol. The molecule has 0 aromatic carbocycles. The lowest BCUT2D eigenvalue weighted by Gasteiger charge is -2.38. The number of nitrogens with zero attached hydrogens (tertiary/aromatic N) is 1. The van der Waals surface area contributed by atoms with Crippen molar-refractivity contribution in [3.05, 3.63) is 0 Å². The van der Waals surface area contributed by atoms with Crippen LogP contribution in [-0.4, -0.2) is 62.6 Å². The van der Waals surface area contributed by atoms with Crippen LogP contribution in [0, 0.1) is 5.92 Å². The van der Waals surface area contributed by atoms with E-state index in [-0.39, 0.29) is 36.7 Å². The van der Waals surface area contributed by atoms with Crippen molar-refractivity contribution in [1.29, 1.82) is 0 Å². The molecule has 1 heterocycles. The minimum absolute atomic E-state index is 0.0197. The predicted molar refractivity (Wildman–Crippen MR) is 92.6 cm³/mol. The number of hydrogen-bond donors (Lipinski definition) is 3. The molecule has 0 saturated carbocycles. The Morgan fingerprint density at radius 2 is 2.00 bits per heavy atom. The van der Waals surface area contributed by atoms with E-state index in [1.165, 1.54) is 0 Å². The molecule has 1 fully saturated rings. The van der Waals surface area contributed by atoms with Gasteiger partial charge in [0.1, 0.15) is 0 Å². The van der Waals surface area contributed by atoms with Gasteiger partial charge in [-0.05, 0) is 32.6 Å². The monoisotopic (exact) mass is 362 g/mol. The van der Waals surface area contributed by atoms with E-state index in [9.17, 15) is 18.0 Å². The Hall–Kier alpha value is -1.19. The van der Waals surface area contributed by atoms with Crippen LogP contribution < -0.4 is 15.8 Å². The summed E-state index contributed by atoms with van der Waals surface area (Å²) in [5.74, 6) is -0.403. The summed E-state index contributed by atoms with van der Waals surface area (Å²) in [7, 11) is -3.67. The summed E-state index contributed by atoms with van der Waals surface area (Å²) >= 11 is 0. The highest BCUT2D eigenvalue weighted by Crippen LogP contribution is 2.22. The van der Waals surface area contributed by atoms with Gasteiger partial charge in [0, 0.05) is 31.6 Å². The maximum Gasteiger partial charge on any atom is 0.235 e. The number of rotatable bonds is 8. The topological polar surface area (TPSA) is 122 Å². The second-order valence-electron chi connectivity index (χ2n) is 6.72. The second kappa shape index (κ2) is 9.33. The van der Waals surface area contributed by atoms with Crippen LogP contribution in [0.1, 0.15) is 40.0 Å². The number of piperidine rings is 1. The van der Waals surface area contributed by atoms with E-state index in [1.807, 2.05) is 0 Å². The number of carbonyl (C=O) groups is 2. The largest absolute Gasteiger partial charge is 0.353 e. The highest BCUT2D eigenvalue weighted by Gasteiger charge is 2.29. The van der Waals surface area contributed by atoms with E-state index in [1.54, 1.807) is 18.7 Å². The highest BCUT2D eigenvalue weighted by atomic mass is 32.2. The van der Waals surface area contributed by atoms with Gasteiger partial charge in [-0.2, -0.15) is 0 Å². The molecule has 140 valence electrons. The first-order chi connectivity index (χ1) is 11.1. The van der Waals surface area contributed by atoms with Crippen molar-refractivity contribution in [2.24, 2.45) is 11.7 Å². The lowest BCUT2D eigenvalue weighted by atomic mass is 9.92. The van der Waals surface area contributed by atoms with Crippen LogP contribution >= 0.6 is 0 Å². The van der Waals surface area contributed by atoms with Gasteiger partial charge in [0.05, 0.1) is 12.3 Å². The number of nitrogens with two attached hydrogens (primary N) is 1. The molecular formula is C15H30N4O4S. The molecule has 1 aliphatic rings. The summed E-state index contributed by atoms with van der Waals surface area (Å²) in [6.45, 7) is 6.39. The van der Waals surface area contributed by atoms with Crippen LogP contribution in [0.4, 0.5) is 0 Å². The molecule has 8 nitrogen and oxygen atoms in total. The summed E-state index contributed by atoms with van der Waals surface area (Å²) in [4.78, 5) is 25.5. The maximum atomic E-state index is 12.3. The Morgan fingerprint density at radius 1 is 1.33 bits per heavy atom. The van der Waals surface area contributed by atoms with E-state index in [2.05, 4.69) is 17.0 Å². The fraction of sp³-hybridized carbons (Fsp3) is 0.867. The van der Waals surface area contributed by atoms with Crippen molar-refractivity contribution < 1.29 is 18.0 Å². The molecule has 2 unspecified atom stereocenters. The first kappa shape index (κ1) is 20.9. The van der Waals surface area contributed by atoms with Gasteiger partial charge in [-0.3, -0.25) is 9.59 Å². The van der Waals surface area contributed by atoms with Gasteiger partial charge in [-0.15, -0.1) is 0 Å². The molecule has 24 heavy (non-hydrogen) atoms. The van der Waals surface area contributed by atoms with Crippen LogP contribution in [0.2, 0.25) is 0 Å². The average Bonchev–Trinajstić information content (AvgIpc) is 2.50.